The highest BCUT2D eigenvalue weighted by molar-refractivity contribution is 5.76. The van der Waals surface area contributed by atoms with Crippen molar-refractivity contribution in [3.05, 3.63) is 72.9 Å². The number of carbonyl (C=O) groups excluding carboxylic acids is 2. The van der Waals surface area contributed by atoms with E-state index in [1.807, 2.05) is 0 Å². The molecule has 1 aliphatic heterocycles. The zero-order valence-electron chi connectivity index (χ0n) is 34.0. The molecular formula is C45H75NO9. The zero-order chi connectivity index (χ0) is 40.2. The van der Waals surface area contributed by atoms with E-state index in [4.69, 9.17) is 14.2 Å². The molecule has 0 aromatic heterocycles. The molecule has 6 atom stereocenters. The summed E-state index contributed by atoms with van der Waals surface area (Å²) < 4.78 is 16.6. The molecule has 1 heterocycles. The van der Waals surface area contributed by atoms with Crippen molar-refractivity contribution in [2.24, 2.45) is 0 Å². The summed E-state index contributed by atoms with van der Waals surface area (Å²) in [5.41, 5.74) is 0. The molecule has 1 amide bonds. The normalized spacial score (nSPS) is 21.3. The number of esters is 1. The zero-order valence-corrected chi connectivity index (χ0v) is 34.0. The third-order valence-corrected chi connectivity index (χ3v) is 9.21. The highest BCUT2D eigenvalue weighted by Gasteiger charge is 2.44. The monoisotopic (exact) mass is 774 g/mol. The molecule has 10 heteroatoms. The molecular weight excluding hydrogens is 698 g/mol. The number of aliphatic hydroxyl groups is 4. The fourth-order valence-electron chi connectivity index (χ4n) is 5.91. The number of unbranched alkanes of at least 4 members (excludes halogenated alkanes) is 10. The van der Waals surface area contributed by atoms with Crippen LogP contribution in [0.3, 0.4) is 0 Å². The van der Waals surface area contributed by atoms with Gasteiger partial charge in [-0.3, -0.25) is 9.59 Å². The van der Waals surface area contributed by atoms with Gasteiger partial charge in [0.15, 0.2) is 6.29 Å². The van der Waals surface area contributed by atoms with Gasteiger partial charge in [-0.15, -0.1) is 0 Å². The summed E-state index contributed by atoms with van der Waals surface area (Å²) in [7, 11) is 0. The van der Waals surface area contributed by atoms with Crippen LogP contribution in [0.2, 0.25) is 0 Å². The van der Waals surface area contributed by atoms with E-state index in [-0.39, 0.29) is 31.5 Å². The Morgan fingerprint density at radius 2 is 1.07 bits per heavy atom. The summed E-state index contributed by atoms with van der Waals surface area (Å²) in [6.45, 7) is 3.38. The highest BCUT2D eigenvalue weighted by atomic mass is 16.7. The smallest absolute Gasteiger partial charge is 0.305 e. The summed E-state index contributed by atoms with van der Waals surface area (Å²) in [5.74, 6) is -0.565. The van der Waals surface area contributed by atoms with Gasteiger partial charge < -0.3 is 40.0 Å². The Balaban J connectivity index is 2.39. The summed E-state index contributed by atoms with van der Waals surface area (Å²) in [6.07, 6.45) is 37.8. The van der Waals surface area contributed by atoms with Crippen LogP contribution in [-0.2, 0) is 23.8 Å². The lowest BCUT2D eigenvalue weighted by molar-refractivity contribution is -0.302. The molecule has 5 unspecified atom stereocenters. The number of allylic oxidation sites excluding steroid dienone is 12. The number of carbonyl (C=O) groups is 2. The van der Waals surface area contributed by atoms with Crippen molar-refractivity contribution < 1.29 is 44.2 Å². The lowest BCUT2D eigenvalue weighted by Gasteiger charge is -2.40. The van der Waals surface area contributed by atoms with Gasteiger partial charge in [0, 0.05) is 12.8 Å². The first-order valence-electron chi connectivity index (χ1n) is 21.1. The van der Waals surface area contributed by atoms with E-state index in [9.17, 15) is 30.0 Å². The van der Waals surface area contributed by atoms with Crippen LogP contribution < -0.4 is 5.32 Å². The molecule has 55 heavy (non-hydrogen) atoms. The second-order valence-corrected chi connectivity index (χ2v) is 14.2. The number of hydrogen-bond acceptors (Lipinski definition) is 9. The largest absolute Gasteiger partial charge is 0.463 e. The minimum Gasteiger partial charge on any atom is -0.463 e. The SMILES string of the molecule is CC/C=C\C/C=C\C/C=C\CCCCCCCC(=O)N[C@H](COC(=O)CCCCCCC/C=C\C/C=C\C/C=C\CC)COC1OC(CO)C(O)C(O)C1O. The molecule has 0 aromatic rings. The summed E-state index contributed by atoms with van der Waals surface area (Å²) in [6, 6.07) is -0.723. The predicted molar refractivity (Wildman–Crippen MR) is 221 cm³/mol. The topological polar surface area (TPSA) is 155 Å². The number of aliphatic hydroxyl groups excluding tert-OH is 4. The molecule has 0 radical (unpaired) electrons. The van der Waals surface area contributed by atoms with Gasteiger partial charge in [-0.05, 0) is 77.0 Å². The number of nitrogens with one attached hydrogen (secondary N) is 1. The van der Waals surface area contributed by atoms with Crippen LogP contribution in [0, 0.1) is 0 Å². The van der Waals surface area contributed by atoms with E-state index in [0.29, 0.717) is 6.42 Å². The lowest BCUT2D eigenvalue weighted by Crippen LogP contribution is -2.59. The van der Waals surface area contributed by atoms with Crippen molar-refractivity contribution in [2.75, 3.05) is 19.8 Å². The van der Waals surface area contributed by atoms with Gasteiger partial charge in [0.05, 0.1) is 19.3 Å². The van der Waals surface area contributed by atoms with Gasteiger partial charge in [-0.25, -0.2) is 0 Å². The number of rotatable bonds is 33. The Morgan fingerprint density at radius 3 is 1.60 bits per heavy atom. The molecule has 0 bridgehead atoms. The molecule has 5 N–H and O–H groups in total. The molecule has 1 rings (SSSR count). The van der Waals surface area contributed by atoms with Gasteiger partial charge in [0.1, 0.15) is 31.0 Å². The molecule has 1 saturated heterocycles. The van der Waals surface area contributed by atoms with Crippen molar-refractivity contribution in [2.45, 2.75) is 179 Å². The van der Waals surface area contributed by atoms with Crippen LogP contribution in [0.25, 0.3) is 0 Å². The van der Waals surface area contributed by atoms with Crippen molar-refractivity contribution in [1.82, 2.24) is 5.32 Å². The van der Waals surface area contributed by atoms with Gasteiger partial charge in [-0.1, -0.05) is 125 Å². The predicted octanol–water partition coefficient (Wildman–Crippen LogP) is 8.01. The molecule has 0 aliphatic carbocycles. The average molecular weight is 774 g/mol. The second-order valence-electron chi connectivity index (χ2n) is 14.2. The van der Waals surface area contributed by atoms with Crippen molar-refractivity contribution in [3.8, 4) is 0 Å². The Bertz CT molecular complexity index is 1130. The lowest BCUT2D eigenvalue weighted by atomic mass is 9.99. The van der Waals surface area contributed by atoms with Crippen LogP contribution >= 0.6 is 0 Å². The Hall–Kier alpha value is -2.86. The maximum atomic E-state index is 12.8. The number of amides is 1. The summed E-state index contributed by atoms with van der Waals surface area (Å²) in [5, 5.41) is 42.9. The van der Waals surface area contributed by atoms with Crippen LogP contribution in [-0.4, -0.2) is 88.9 Å². The van der Waals surface area contributed by atoms with Gasteiger partial charge >= 0.3 is 5.97 Å². The first-order chi connectivity index (χ1) is 26.8. The standard InChI is InChI=1S/C45H75NO9/c1-3-5-7-9-11-13-15-17-19-21-23-25-27-29-31-33-40(48)46-38(37-54-45-44(52)43(51)42(50)39(35-47)55-45)36-53-41(49)34-32-30-28-26-24-22-20-18-16-14-12-10-8-6-4-2/h5-8,11-14,17-20,38-39,42-45,47,50-52H,3-4,9-10,15-16,21-37H2,1-2H3,(H,46,48)/b7-5-,8-6-,13-11-,14-12-,19-17-,20-18-/t38-,39?,42?,43?,44?,45?/m1/s1. The summed E-state index contributed by atoms with van der Waals surface area (Å²) >= 11 is 0. The van der Waals surface area contributed by atoms with Crippen LogP contribution in [0.1, 0.15) is 142 Å². The van der Waals surface area contributed by atoms with E-state index in [1.54, 1.807) is 0 Å². The highest BCUT2D eigenvalue weighted by Crippen LogP contribution is 2.22. The fourth-order valence-corrected chi connectivity index (χ4v) is 5.91. The van der Waals surface area contributed by atoms with Crippen LogP contribution in [0.15, 0.2) is 72.9 Å². The molecule has 10 nitrogen and oxygen atoms in total. The van der Waals surface area contributed by atoms with Gasteiger partial charge in [0.25, 0.3) is 0 Å². The van der Waals surface area contributed by atoms with Crippen LogP contribution in [0.4, 0.5) is 0 Å². The molecule has 1 aliphatic rings. The first kappa shape index (κ1) is 50.2. The molecule has 0 saturated carbocycles. The Kier molecular flexibility index (Phi) is 32.4. The van der Waals surface area contributed by atoms with Gasteiger partial charge in [0.2, 0.25) is 5.91 Å². The Labute approximate surface area is 332 Å². The molecule has 0 aromatic carbocycles. The number of hydrogen-bond donors (Lipinski definition) is 5. The van der Waals surface area contributed by atoms with Crippen LogP contribution in [0.5, 0.6) is 0 Å². The first-order valence-corrected chi connectivity index (χ1v) is 21.1. The van der Waals surface area contributed by atoms with E-state index in [0.717, 1.165) is 116 Å². The number of ether oxygens (including phenoxy) is 3. The maximum Gasteiger partial charge on any atom is 0.305 e. The van der Waals surface area contributed by atoms with E-state index < -0.39 is 43.4 Å². The third kappa shape index (κ3) is 27.4. The molecule has 1 fully saturated rings. The van der Waals surface area contributed by atoms with Crippen molar-refractivity contribution in [3.63, 3.8) is 0 Å². The van der Waals surface area contributed by atoms with Crippen molar-refractivity contribution in [1.29, 1.82) is 0 Å². The van der Waals surface area contributed by atoms with E-state index >= 15 is 0 Å². The average Bonchev–Trinajstić information content (AvgIpc) is 3.18. The minimum absolute atomic E-state index is 0.127. The molecule has 0 spiro atoms. The summed E-state index contributed by atoms with van der Waals surface area (Å²) in [4.78, 5) is 25.4. The van der Waals surface area contributed by atoms with Gasteiger partial charge in [-0.2, -0.15) is 0 Å². The molecule has 314 valence electrons. The quantitative estimate of drug-likeness (QED) is 0.0254. The maximum absolute atomic E-state index is 12.8. The Morgan fingerprint density at radius 1 is 0.600 bits per heavy atom. The fraction of sp³-hybridized carbons (Fsp3) is 0.689. The minimum atomic E-state index is -1.58. The van der Waals surface area contributed by atoms with Crippen molar-refractivity contribution >= 4 is 11.9 Å². The third-order valence-electron chi connectivity index (χ3n) is 9.21. The van der Waals surface area contributed by atoms with E-state index in [2.05, 4.69) is 92.1 Å². The van der Waals surface area contributed by atoms with E-state index in [1.165, 1.54) is 0 Å². The second kappa shape index (κ2) is 35.5.